The second-order valence-electron chi connectivity index (χ2n) is 6.63. The molecule has 1 aromatic rings. The molecule has 1 N–H and O–H groups in total. The second kappa shape index (κ2) is 7.63. The standard InChI is InChI=1S/C18H26N2O2/c21-18(19-17-5-2-1-3-6-17)22-12-4-11-20-13-15-7-8-16(14-20)10-9-15/h1-3,5-6,15-16H,4,7-14H2,(H,19,21). The zero-order valence-electron chi connectivity index (χ0n) is 13.2. The van der Waals surface area contributed by atoms with E-state index in [1.165, 1.54) is 38.8 Å². The summed E-state index contributed by atoms with van der Waals surface area (Å²) in [6, 6.07) is 9.42. The SMILES string of the molecule is O=C(Nc1ccccc1)OCCCN1CC2CCC(CC2)C1. The zero-order valence-corrected chi connectivity index (χ0v) is 13.2. The van der Waals surface area contributed by atoms with Gasteiger partial charge in [0.25, 0.3) is 0 Å². The Balaban J connectivity index is 1.32. The van der Waals surface area contributed by atoms with Gasteiger partial charge in [-0.1, -0.05) is 18.2 Å². The number of amides is 1. The molecule has 22 heavy (non-hydrogen) atoms. The summed E-state index contributed by atoms with van der Waals surface area (Å²) in [5.41, 5.74) is 0.775. The van der Waals surface area contributed by atoms with E-state index in [9.17, 15) is 4.79 Å². The van der Waals surface area contributed by atoms with Gasteiger partial charge >= 0.3 is 6.09 Å². The fourth-order valence-electron chi connectivity index (χ4n) is 3.71. The average molecular weight is 302 g/mol. The van der Waals surface area contributed by atoms with Gasteiger partial charge in [-0.3, -0.25) is 5.32 Å². The summed E-state index contributed by atoms with van der Waals surface area (Å²) >= 11 is 0. The molecule has 1 aliphatic carbocycles. The van der Waals surface area contributed by atoms with Crippen LogP contribution in [0, 0.1) is 11.8 Å². The summed E-state index contributed by atoms with van der Waals surface area (Å²) in [5.74, 6) is 1.81. The molecule has 4 nitrogen and oxygen atoms in total. The normalized spacial score (nSPS) is 24.7. The van der Waals surface area contributed by atoms with Gasteiger partial charge in [-0.25, -0.2) is 4.79 Å². The van der Waals surface area contributed by atoms with E-state index in [1.807, 2.05) is 30.3 Å². The number of nitrogens with one attached hydrogen (secondary N) is 1. The topological polar surface area (TPSA) is 41.6 Å². The largest absolute Gasteiger partial charge is 0.449 e. The average Bonchev–Trinajstić information content (AvgIpc) is 2.85. The predicted molar refractivity (Wildman–Crippen MR) is 87.9 cm³/mol. The van der Waals surface area contributed by atoms with Gasteiger partial charge in [-0.05, 0) is 56.1 Å². The van der Waals surface area contributed by atoms with Crippen LogP contribution in [0.5, 0.6) is 0 Å². The molecule has 2 aliphatic heterocycles. The van der Waals surface area contributed by atoms with Crippen molar-refractivity contribution in [1.29, 1.82) is 0 Å². The Morgan fingerprint density at radius 3 is 2.36 bits per heavy atom. The number of rotatable bonds is 5. The lowest BCUT2D eigenvalue weighted by molar-refractivity contribution is 0.150. The Labute approximate surface area is 132 Å². The lowest BCUT2D eigenvalue weighted by Gasteiger charge is -2.21. The molecule has 1 amide bonds. The van der Waals surface area contributed by atoms with Crippen molar-refractivity contribution in [3.05, 3.63) is 30.3 Å². The third-order valence-electron chi connectivity index (χ3n) is 4.87. The minimum atomic E-state index is -0.359. The summed E-state index contributed by atoms with van der Waals surface area (Å²) in [7, 11) is 0. The smallest absolute Gasteiger partial charge is 0.411 e. The molecule has 1 aromatic carbocycles. The molecule has 1 saturated carbocycles. The molecule has 0 unspecified atom stereocenters. The van der Waals surface area contributed by atoms with E-state index in [-0.39, 0.29) is 6.09 Å². The van der Waals surface area contributed by atoms with E-state index < -0.39 is 0 Å². The van der Waals surface area contributed by atoms with Gasteiger partial charge in [0, 0.05) is 25.3 Å². The third-order valence-corrected chi connectivity index (χ3v) is 4.87. The molecule has 0 aromatic heterocycles. The molecular weight excluding hydrogens is 276 g/mol. The number of benzene rings is 1. The van der Waals surface area contributed by atoms with Crippen molar-refractivity contribution in [2.45, 2.75) is 32.1 Å². The number of hydrogen-bond donors (Lipinski definition) is 1. The maximum Gasteiger partial charge on any atom is 0.411 e. The van der Waals surface area contributed by atoms with Gasteiger partial charge in [0.2, 0.25) is 0 Å². The number of nitrogens with zero attached hydrogens (tertiary/aromatic N) is 1. The molecule has 0 radical (unpaired) electrons. The number of ether oxygens (including phenoxy) is 1. The molecule has 4 heteroatoms. The minimum absolute atomic E-state index is 0.359. The summed E-state index contributed by atoms with van der Waals surface area (Å²) < 4.78 is 5.26. The lowest BCUT2D eigenvalue weighted by Crippen LogP contribution is -2.30. The third kappa shape index (κ3) is 4.47. The molecule has 2 heterocycles. The first-order chi connectivity index (χ1) is 10.8. The number of anilines is 1. The fraction of sp³-hybridized carbons (Fsp3) is 0.611. The van der Waals surface area contributed by atoms with E-state index >= 15 is 0 Å². The van der Waals surface area contributed by atoms with Crippen molar-refractivity contribution < 1.29 is 9.53 Å². The van der Waals surface area contributed by atoms with E-state index in [4.69, 9.17) is 4.74 Å². The lowest BCUT2D eigenvalue weighted by atomic mass is 9.84. The van der Waals surface area contributed by atoms with Crippen LogP contribution in [0.3, 0.4) is 0 Å². The Kier molecular flexibility index (Phi) is 5.33. The van der Waals surface area contributed by atoms with Crippen molar-refractivity contribution in [2.24, 2.45) is 11.8 Å². The Morgan fingerprint density at radius 1 is 1.09 bits per heavy atom. The van der Waals surface area contributed by atoms with Crippen LogP contribution >= 0.6 is 0 Å². The highest BCUT2D eigenvalue weighted by Crippen LogP contribution is 2.33. The van der Waals surface area contributed by atoms with Crippen LogP contribution in [0.2, 0.25) is 0 Å². The number of hydrogen-bond acceptors (Lipinski definition) is 3. The van der Waals surface area contributed by atoms with Crippen LogP contribution < -0.4 is 5.32 Å². The first-order valence-corrected chi connectivity index (χ1v) is 8.51. The highest BCUT2D eigenvalue weighted by molar-refractivity contribution is 5.84. The molecule has 3 aliphatic rings. The van der Waals surface area contributed by atoms with Crippen molar-refractivity contribution in [2.75, 3.05) is 31.6 Å². The maximum absolute atomic E-state index is 11.7. The highest BCUT2D eigenvalue weighted by atomic mass is 16.5. The fourth-order valence-corrected chi connectivity index (χ4v) is 3.71. The van der Waals surface area contributed by atoms with E-state index in [2.05, 4.69) is 10.2 Å². The molecule has 0 spiro atoms. The van der Waals surface area contributed by atoms with Crippen LogP contribution in [-0.2, 0) is 4.74 Å². The molecule has 2 bridgehead atoms. The predicted octanol–water partition coefficient (Wildman–Crippen LogP) is 3.75. The summed E-state index contributed by atoms with van der Waals surface area (Å²) in [5, 5.41) is 2.74. The van der Waals surface area contributed by atoms with Gasteiger partial charge in [0.05, 0.1) is 6.61 Å². The van der Waals surface area contributed by atoms with Gasteiger partial charge in [0.15, 0.2) is 0 Å². The summed E-state index contributed by atoms with van der Waals surface area (Å²) in [4.78, 5) is 14.3. The summed E-state index contributed by atoms with van der Waals surface area (Å²) in [6.45, 7) is 4.02. The monoisotopic (exact) mass is 302 g/mol. The van der Waals surface area contributed by atoms with Crippen molar-refractivity contribution >= 4 is 11.8 Å². The summed E-state index contributed by atoms with van der Waals surface area (Å²) in [6.07, 6.45) is 6.21. The quantitative estimate of drug-likeness (QED) is 0.842. The maximum atomic E-state index is 11.7. The van der Waals surface area contributed by atoms with Crippen LogP contribution in [0.25, 0.3) is 0 Å². The number of carbonyl (C=O) groups is 1. The zero-order chi connectivity index (χ0) is 15.2. The van der Waals surface area contributed by atoms with Crippen molar-refractivity contribution in [1.82, 2.24) is 4.90 Å². The number of para-hydroxylation sites is 1. The van der Waals surface area contributed by atoms with Gasteiger partial charge in [-0.15, -0.1) is 0 Å². The Morgan fingerprint density at radius 2 is 1.73 bits per heavy atom. The van der Waals surface area contributed by atoms with Gasteiger partial charge in [-0.2, -0.15) is 0 Å². The van der Waals surface area contributed by atoms with Crippen LogP contribution in [0.1, 0.15) is 32.1 Å². The first kappa shape index (κ1) is 15.3. The Hall–Kier alpha value is -1.55. The number of fused-ring (bicyclic) bond motifs is 4. The minimum Gasteiger partial charge on any atom is -0.449 e. The number of carbonyl (C=O) groups excluding carboxylic acids is 1. The molecule has 0 atom stereocenters. The molecule has 4 rings (SSSR count). The van der Waals surface area contributed by atoms with Crippen LogP contribution in [0.15, 0.2) is 30.3 Å². The molecule has 2 saturated heterocycles. The van der Waals surface area contributed by atoms with Gasteiger partial charge < -0.3 is 9.64 Å². The van der Waals surface area contributed by atoms with Gasteiger partial charge in [0.1, 0.15) is 0 Å². The van der Waals surface area contributed by atoms with E-state index in [0.717, 1.165) is 30.5 Å². The van der Waals surface area contributed by atoms with E-state index in [1.54, 1.807) is 0 Å². The first-order valence-electron chi connectivity index (χ1n) is 8.51. The second-order valence-corrected chi connectivity index (χ2v) is 6.63. The van der Waals surface area contributed by atoms with Crippen LogP contribution in [0.4, 0.5) is 10.5 Å². The van der Waals surface area contributed by atoms with Crippen molar-refractivity contribution in [3.8, 4) is 0 Å². The molecular formula is C18H26N2O2. The molecule has 3 fully saturated rings. The Bertz CT molecular complexity index is 455. The molecule has 120 valence electrons. The van der Waals surface area contributed by atoms with Crippen LogP contribution in [-0.4, -0.2) is 37.2 Å². The van der Waals surface area contributed by atoms with Crippen molar-refractivity contribution in [3.63, 3.8) is 0 Å². The highest BCUT2D eigenvalue weighted by Gasteiger charge is 2.28. The van der Waals surface area contributed by atoms with E-state index in [0.29, 0.717) is 6.61 Å².